The lowest BCUT2D eigenvalue weighted by Crippen LogP contribution is -2.27. The highest BCUT2D eigenvalue weighted by Crippen LogP contribution is 2.24. The lowest BCUT2D eigenvalue weighted by Gasteiger charge is -2.14. The van der Waals surface area contributed by atoms with Gasteiger partial charge in [0.15, 0.2) is 11.4 Å². The molecule has 162 valence electrons. The molecule has 7 nitrogen and oxygen atoms in total. The van der Waals surface area contributed by atoms with Crippen molar-refractivity contribution in [1.29, 1.82) is 0 Å². The summed E-state index contributed by atoms with van der Waals surface area (Å²) >= 11 is 0. The predicted octanol–water partition coefficient (Wildman–Crippen LogP) is 3.82. The molecule has 0 fully saturated rings. The molecule has 0 spiro atoms. The number of hydrogen-bond donors (Lipinski definition) is 2. The molecule has 1 amide bonds. The molecule has 7 heteroatoms. The predicted molar refractivity (Wildman–Crippen MR) is 122 cm³/mol. The van der Waals surface area contributed by atoms with Crippen molar-refractivity contribution in [2.45, 2.75) is 27.3 Å². The van der Waals surface area contributed by atoms with E-state index in [2.05, 4.69) is 15.7 Å². The molecular formula is C24H28N4O3. The van der Waals surface area contributed by atoms with Crippen molar-refractivity contribution in [3.05, 3.63) is 82.3 Å². The summed E-state index contributed by atoms with van der Waals surface area (Å²) in [7, 11) is 0. The number of amides is 1. The first-order valence-corrected chi connectivity index (χ1v) is 10.4. The Morgan fingerprint density at radius 1 is 1.13 bits per heavy atom. The van der Waals surface area contributed by atoms with Gasteiger partial charge in [0.25, 0.3) is 11.5 Å². The van der Waals surface area contributed by atoms with Gasteiger partial charge in [0.2, 0.25) is 0 Å². The van der Waals surface area contributed by atoms with Gasteiger partial charge >= 0.3 is 0 Å². The maximum absolute atomic E-state index is 13.1. The highest BCUT2D eigenvalue weighted by Gasteiger charge is 2.14. The van der Waals surface area contributed by atoms with Gasteiger partial charge in [-0.3, -0.25) is 9.59 Å². The Balaban J connectivity index is 1.89. The molecule has 0 unspecified atom stereocenters. The number of carbonyl (C=O) groups excluding carboxylic acids is 1. The van der Waals surface area contributed by atoms with Crippen LogP contribution in [0.15, 0.2) is 65.6 Å². The van der Waals surface area contributed by atoms with Crippen LogP contribution in [0.25, 0.3) is 0 Å². The normalized spacial score (nSPS) is 10.7. The zero-order chi connectivity index (χ0) is 22.2. The number of carbonyl (C=O) groups is 1. The standard InChI is InChI=1S/C24H28N4O3/c1-4-31-21-15-26-28(16-18-9-6-5-7-10-18)24(30)22(21)27-20-12-8-11-19(13-20)23(29)25-14-17(2)3/h5-13,15,17,27H,4,14,16H2,1-3H3,(H,25,29). The number of rotatable bonds is 9. The highest BCUT2D eigenvalue weighted by molar-refractivity contribution is 5.95. The van der Waals surface area contributed by atoms with E-state index in [4.69, 9.17) is 4.74 Å². The van der Waals surface area contributed by atoms with Crippen molar-refractivity contribution in [1.82, 2.24) is 15.1 Å². The Morgan fingerprint density at radius 2 is 1.90 bits per heavy atom. The summed E-state index contributed by atoms with van der Waals surface area (Å²) < 4.78 is 7.01. The number of aromatic nitrogens is 2. The summed E-state index contributed by atoms with van der Waals surface area (Å²) in [5.74, 6) is 0.573. The van der Waals surface area contributed by atoms with E-state index in [1.54, 1.807) is 24.3 Å². The Hall–Kier alpha value is -3.61. The summed E-state index contributed by atoms with van der Waals surface area (Å²) in [5, 5.41) is 10.3. The maximum atomic E-state index is 13.1. The summed E-state index contributed by atoms with van der Waals surface area (Å²) in [6, 6.07) is 16.7. The first-order chi connectivity index (χ1) is 15.0. The fourth-order valence-corrected chi connectivity index (χ4v) is 3.00. The van der Waals surface area contributed by atoms with E-state index in [9.17, 15) is 9.59 Å². The van der Waals surface area contributed by atoms with Gasteiger partial charge in [-0.2, -0.15) is 5.10 Å². The third-order valence-corrected chi connectivity index (χ3v) is 4.55. The van der Waals surface area contributed by atoms with Crippen molar-refractivity contribution in [2.24, 2.45) is 5.92 Å². The molecule has 0 aliphatic carbocycles. The van der Waals surface area contributed by atoms with Crippen molar-refractivity contribution >= 4 is 17.3 Å². The molecule has 0 radical (unpaired) electrons. The number of benzene rings is 2. The smallest absolute Gasteiger partial charge is 0.294 e. The number of nitrogens with one attached hydrogen (secondary N) is 2. The summed E-state index contributed by atoms with van der Waals surface area (Å²) in [6.45, 7) is 7.27. The molecule has 0 saturated heterocycles. The maximum Gasteiger partial charge on any atom is 0.294 e. The van der Waals surface area contributed by atoms with E-state index in [1.165, 1.54) is 10.9 Å². The second-order valence-corrected chi connectivity index (χ2v) is 7.57. The Morgan fingerprint density at radius 3 is 2.61 bits per heavy atom. The number of ether oxygens (including phenoxy) is 1. The average Bonchev–Trinajstić information content (AvgIpc) is 2.77. The fraction of sp³-hybridized carbons (Fsp3) is 0.292. The minimum Gasteiger partial charge on any atom is -0.490 e. The quantitative estimate of drug-likeness (QED) is 0.550. The van der Waals surface area contributed by atoms with E-state index < -0.39 is 0 Å². The van der Waals surface area contributed by atoms with Gasteiger partial charge in [0.05, 0.1) is 19.3 Å². The fourth-order valence-electron chi connectivity index (χ4n) is 3.00. The van der Waals surface area contributed by atoms with Gasteiger partial charge in [0.1, 0.15) is 0 Å². The molecule has 3 aromatic rings. The summed E-state index contributed by atoms with van der Waals surface area (Å²) in [4.78, 5) is 25.6. The Labute approximate surface area is 182 Å². The van der Waals surface area contributed by atoms with Crippen LogP contribution < -0.4 is 20.9 Å². The largest absolute Gasteiger partial charge is 0.490 e. The van der Waals surface area contributed by atoms with Crippen LogP contribution in [0.5, 0.6) is 5.75 Å². The van der Waals surface area contributed by atoms with Gasteiger partial charge in [-0.05, 0) is 36.6 Å². The molecule has 0 bridgehead atoms. The van der Waals surface area contributed by atoms with Crippen LogP contribution in [0.3, 0.4) is 0 Å². The molecule has 0 aliphatic rings. The number of hydrogen-bond acceptors (Lipinski definition) is 5. The number of anilines is 2. The van der Waals surface area contributed by atoms with Crippen molar-refractivity contribution < 1.29 is 9.53 Å². The molecular weight excluding hydrogens is 392 g/mol. The molecule has 1 heterocycles. The SMILES string of the molecule is CCOc1cnn(Cc2ccccc2)c(=O)c1Nc1cccc(C(=O)NCC(C)C)c1. The topological polar surface area (TPSA) is 85.2 Å². The van der Waals surface area contributed by atoms with Gasteiger partial charge in [-0.25, -0.2) is 4.68 Å². The van der Waals surface area contributed by atoms with Crippen LogP contribution in [-0.2, 0) is 6.54 Å². The van der Waals surface area contributed by atoms with Crippen molar-refractivity contribution in [2.75, 3.05) is 18.5 Å². The zero-order valence-corrected chi connectivity index (χ0v) is 18.1. The average molecular weight is 421 g/mol. The Bertz CT molecular complexity index is 1080. The van der Waals surface area contributed by atoms with Crippen LogP contribution >= 0.6 is 0 Å². The molecule has 1 aromatic heterocycles. The van der Waals surface area contributed by atoms with E-state index in [1.807, 2.05) is 51.1 Å². The van der Waals surface area contributed by atoms with Crippen molar-refractivity contribution in [3.63, 3.8) is 0 Å². The third-order valence-electron chi connectivity index (χ3n) is 4.55. The molecule has 0 saturated carbocycles. The van der Waals surface area contributed by atoms with Crippen LogP contribution in [0, 0.1) is 5.92 Å². The minimum atomic E-state index is -0.301. The molecule has 0 atom stereocenters. The first kappa shape index (κ1) is 22.1. The molecule has 31 heavy (non-hydrogen) atoms. The van der Waals surface area contributed by atoms with E-state index in [-0.39, 0.29) is 17.2 Å². The van der Waals surface area contributed by atoms with Crippen LogP contribution in [-0.4, -0.2) is 28.8 Å². The van der Waals surface area contributed by atoms with Gasteiger partial charge in [0, 0.05) is 17.8 Å². The van der Waals surface area contributed by atoms with E-state index in [0.717, 1.165) is 5.56 Å². The van der Waals surface area contributed by atoms with Gasteiger partial charge in [-0.15, -0.1) is 0 Å². The minimum absolute atomic E-state index is 0.154. The third kappa shape index (κ3) is 5.94. The van der Waals surface area contributed by atoms with Gasteiger partial charge < -0.3 is 15.4 Å². The first-order valence-electron chi connectivity index (χ1n) is 10.4. The summed E-state index contributed by atoms with van der Waals surface area (Å²) in [6.07, 6.45) is 1.54. The molecule has 2 aromatic carbocycles. The highest BCUT2D eigenvalue weighted by atomic mass is 16.5. The second kappa shape index (κ2) is 10.4. The zero-order valence-electron chi connectivity index (χ0n) is 18.1. The van der Waals surface area contributed by atoms with Crippen LogP contribution in [0.2, 0.25) is 0 Å². The Kier molecular flexibility index (Phi) is 7.43. The lowest BCUT2D eigenvalue weighted by atomic mass is 10.1. The van der Waals surface area contributed by atoms with Crippen LogP contribution in [0.1, 0.15) is 36.7 Å². The summed E-state index contributed by atoms with van der Waals surface area (Å²) in [5.41, 5.74) is 2.09. The van der Waals surface area contributed by atoms with Gasteiger partial charge in [-0.1, -0.05) is 50.2 Å². The van der Waals surface area contributed by atoms with E-state index >= 15 is 0 Å². The van der Waals surface area contributed by atoms with Crippen LogP contribution in [0.4, 0.5) is 11.4 Å². The molecule has 3 rings (SSSR count). The number of nitrogens with zero attached hydrogens (tertiary/aromatic N) is 2. The van der Waals surface area contributed by atoms with Crippen molar-refractivity contribution in [3.8, 4) is 5.75 Å². The second-order valence-electron chi connectivity index (χ2n) is 7.57. The molecule has 0 aliphatic heterocycles. The lowest BCUT2D eigenvalue weighted by molar-refractivity contribution is 0.0949. The van der Waals surface area contributed by atoms with E-state index in [0.29, 0.717) is 42.6 Å². The molecule has 2 N–H and O–H groups in total. The monoisotopic (exact) mass is 420 g/mol.